The van der Waals surface area contributed by atoms with Crippen LogP contribution in [0.4, 0.5) is 5.82 Å². The number of carbonyl (C=O) groups is 1. The SMILES string of the molecule is C=O.CC.Cc1nc(C)c(-c2nc3c(C4CC4)nccc3s2)c(NC2CC(CS(C)(=O)=O)[C@@H](OC(C)(C)O)C2)n1. The summed E-state index contributed by atoms with van der Waals surface area (Å²) in [6.45, 7) is 13.0. The average molecular weight is 592 g/mol. The number of ether oxygens (including phenoxy) is 1. The van der Waals surface area contributed by atoms with Gasteiger partial charge < -0.3 is 20.0 Å². The highest BCUT2D eigenvalue weighted by Gasteiger charge is 2.40. The van der Waals surface area contributed by atoms with E-state index in [0.29, 0.717) is 30.4 Å². The first-order valence-electron chi connectivity index (χ1n) is 13.6. The van der Waals surface area contributed by atoms with Gasteiger partial charge in [0.1, 0.15) is 38.8 Å². The fraction of sp³-hybridized carbons (Fsp3) is 0.607. The molecule has 3 aromatic rings. The number of anilines is 1. The van der Waals surface area contributed by atoms with E-state index in [1.165, 1.54) is 6.26 Å². The first-order valence-corrected chi connectivity index (χ1v) is 16.5. The molecule has 3 heterocycles. The third-order valence-electron chi connectivity index (χ3n) is 6.64. The molecule has 0 aliphatic heterocycles. The van der Waals surface area contributed by atoms with Gasteiger partial charge in [0.15, 0.2) is 5.79 Å². The average Bonchev–Trinajstić information content (AvgIpc) is 3.52. The van der Waals surface area contributed by atoms with Crippen molar-refractivity contribution in [1.82, 2.24) is 19.9 Å². The van der Waals surface area contributed by atoms with Crippen LogP contribution in [0.15, 0.2) is 12.3 Å². The second-order valence-corrected chi connectivity index (χ2v) is 13.9. The van der Waals surface area contributed by atoms with Gasteiger partial charge in [-0.2, -0.15) is 0 Å². The minimum absolute atomic E-state index is 0.00935. The Kier molecular flexibility index (Phi) is 10.4. The van der Waals surface area contributed by atoms with Gasteiger partial charge in [0, 0.05) is 30.3 Å². The van der Waals surface area contributed by atoms with E-state index in [4.69, 9.17) is 19.5 Å². The van der Waals surface area contributed by atoms with Crippen LogP contribution in [0.25, 0.3) is 20.8 Å². The van der Waals surface area contributed by atoms with Crippen LogP contribution in [0.5, 0.6) is 0 Å². The number of thiazole rings is 1. The van der Waals surface area contributed by atoms with Crippen LogP contribution in [-0.4, -0.2) is 70.2 Å². The van der Waals surface area contributed by atoms with Crippen molar-refractivity contribution >= 4 is 44.0 Å². The number of pyridine rings is 1. The number of aromatic nitrogens is 4. The Hall–Kier alpha value is -2.54. The zero-order valence-corrected chi connectivity index (χ0v) is 26.0. The Bertz CT molecular complexity index is 1420. The molecule has 0 radical (unpaired) electrons. The second kappa shape index (κ2) is 13.0. The lowest BCUT2D eigenvalue weighted by molar-refractivity contribution is -0.210. The molecule has 2 aliphatic rings. The molecule has 0 aromatic carbocycles. The molecule has 2 unspecified atom stereocenters. The van der Waals surface area contributed by atoms with Crippen molar-refractivity contribution in [3.05, 3.63) is 29.5 Å². The van der Waals surface area contributed by atoms with Crippen LogP contribution in [0.1, 0.15) is 76.5 Å². The van der Waals surface area contributed by atoms with Crippen LogP contribution >= 0.6 is 11.3 Å². The molecule has 40 heavy (non-hydrogen) atoms. The maximum Gasteiger partial charge on any atom is 0.160 e. The number of nitrogens with zero attached hydrogens (tertiary/aromatic N) is 4. The van der Waals surface area contributed by atoms with E-state index in [2.05, 4.69) is 15.3 Å². The predicted octanol–water partition coefficient (Wildman–Crippen LogP) is 4.83. The summed E-state index contributed by atoms with van der Waals surface area (Å²) >= 11 is 1.61. The molecule has 2 N–H and O–H groups in total. The summed E-state index contributed by atoms with van der Waals surface area (Å²) in [4.78, 5) is 27.0. The minimum Gasteiger partial charge on any atom is -0.367 e. The first-order chi connectivity index (χ1) is 18.9. The summed E-state index contributed by atoms with van der Waals surface area (Å²) in [6, 6.07) is 1.93. The molecule has 10 nitrogen and oxygen atoms in total. The molecule has 0 saturated heterocycles. The zero-order valence-electron chi connectivity index (χ0n) is 24.4. The standard InChI is InChI=1S/C25H33N5O4S2.C2H6.CH2O/c1-13-20(24-30-22-19(35-24)8-9-26-21(22)15-6-7-15)23(28-14(2)27-13)29-17-10-16(12-36(5,32)33)18(11-17)34-25(3,4)31;2*1-2/h8-9,15-18,31H,6-7,10-12H2,1-5H3,(H,27,28,29);1-2H3;1H2/t16?,17?,18-;;/m0../s1. The normalized spacial score (nSPS) is 20.9. The number of fused-ring (bicyclic) bond motifs is 1. The van der Waals surface area contributed by atoms with Crippen molar-refractivity contribution < 1.29 is 23.1 Å². The quantitative estimate of drug-likeness (QED) is 0.349. The van der Waals surface area contributed by atoms with Gasteiger partial charge in [-0.3, -0.25) is 4.98 Å². The van der Waals surface area contributed by atoms with Crippen LogP contribution in [0, 0.1) is 19.8 Å². The van der Waals surface area contributed by atoms with Crippen molar-refractivity contribution in [2.75, 3.05) is 17.3 Å². The van der Waals surface area contributed by atoms with Crippen LogP contribution in [0.3, 0.4) is 0 Å². The Labute approximate surface area is 241 Å². The van der Waals surface area contributed by atoms with E-state index >= 15 is 0 Å². The third-order valence-corrected chi connectivity index (χ3v) is 8.71. The van der Waals surface area contributed by atoms with Crippen LogP contribution < -0.4 is 5.32 Å². The van der Waals surface area contributed by atoms with E-state index in [0.717, 1.165) is 45.0 Å². The van der Waals surface area contributed by atoms with Gasteiger partial charge in [-0.25, -0.2) is 23.4 Å². The highest BCUT2D eigenvalue weighted by atomic mass is 32.2. The maximum absolute atomic E-state index is 12.1. The minimum atomic E-state index is -3.21. The number of hydrogen-bond acceptors (Lipinski definition) is 11. The molecule has 3 atom stereocenters. The number of nitrogens with one attached hydrogen (secondary N) is 1. The van der Waals surface area contributed by atoms with E-state index < -0.39 is 15.6 Å². The van der Waals surface area contributed by atoms with Crippen LogP contribution in [-0.2, 0) is 19.4 Å². The summed E-state index contributed by atoms with van der Waals surface area (Å²) in [7, 11) is -3.21. The van der Waals surface area contributed by atoms with Gasteiger partial charge in [-0.05, 0) is 59.4 Å². The van der Waals surface area contributed by atoms with Crippen molar-refractivity contribution in [3.63, 3.8) is 0 Å². The second-order valence-electron chi connectivity index (χ2n) is 10.7. The topological polar surface area (TPSA) is 144 Å². The summed E-state index contributed by atoms with van der Waals surface area (Å²) in [5, 5.41) is 14.6. The molecule has 2 aliphatic carbocycles. The lowest BCUT2D eigenvalue weighted by Gasteiger charge is -2.27. The molecule has 2 saturated carbocycles. The lowest BCUT2D eigenvalue weighted by Crippen LogP contribution is -2.34. The molecule has 0 bridgehead atoms. The Morgan fingerprint density at radius 3 is 2.42 bits per heavy atom. The number of sulfone groups is 1. The monoisotopic (exact) mass is 591 g/mol. The van der Waals surface area contributed by atoms with Gasteiger partial charge in [0.25, 0.3) is 0 Å². The smallest absolute Gasteiger partial charge is 0.160 e. The van der Waals surface area contributed by atoms with Gasteiger partial charge in [0.2, 0.25) is 0 Å². The molecule has 0 spiro atoms. The van der Waals surface area contributed by atoms with Gasteiger partial charge >= 0.3 is 0 Å². The van der Waals surface area contributed by atoms with Crippen LogP contribution in [0.2, 0.25) is 0 Å². The fourth-order valence-electron chi connectivity index (χ4n) is 5.19. The van der Waals surface area contributed by atoms with E-state index in [-0.39, 0.29) is 23.8 Å². The number of hydrogen-bond donors (Lipinski definition) is 2. The van der Waals surface area contributed by atoms with Crippen molar-refractivity contribution in [2.24, 2.45) is 5.92 Å². The molecular weight excluding hydrogens is 550 g/mol. The number of aliphatic hydroxyl groups is 1. The van der Waals surface area contributed by atoms with Gasteiger partial charge in [-0.1, -0.05) is 13.8 Å². The highest BCUT2D eigenvalue weighted by molar-refractivity contribution is 7.90. The molecule has 220 valence electrons. The molecule has 12 heteroatoms. The fourth-order valence-corrected chi connectivity index (χ4v) is 7.38. The predicted molar refractivity (Wildman–Crippen MR) is 159 cm³/mol. The number of rotatable bonds is 8. The lowest BCUT2D eigenvalue weighted by atomic mass is 10.1. The van der Waals surface area contributed by atoms with E-state index in [1.807, 2.05) is 46.7 Å². The largest absolute Gasteiger partial charge is 0.367 e. The van der Waals surface area contributed by atoms with E-state index in [1.54, 1.807) is 25.2 Å². The Morgan fingerprint density at radius 1 is 1.15 bits per heavy atom. The van der Waals surface area contributed by atoms with Gasteiger partial charge in [0.05, 0.1) is 33.5 Å². The van der Waals surface area contributed by atoms with Crippen molar-refractivity contribution in [1.29, 1.82) is 0 Å². The highest BCUT2D eigenvalue weighted by Crippen LogP contribution is 2.44. The summed E-state index contributed by atoms with van der Waals surface area (Å²) in [5.74, 6) is 0.259. The zero-order chi connectivity index (χ0) is 29.8. The molecular formula is C28H41N5O5S2. The molecule has 3 aromatic heterocycles. The van der Waals surface area contributed by atoms with Gasteiger partial charge in [-0.15, -0.1) is 11.3 Å². The van der Waals surface area contributed by atoms with Crippen molar-refractivity contribution in [2.45, 2.75) is 91.1 Å². The van der Waals surface area contributed by atoms with Crippen molar-refractivity contribution in [3.8, 4) is 10.6 Å². The number of aryl methyl sites for hydroxylation is 2. The molecule has 2 fully saturated rings. The third kappa shape index (κ3) is 8.02. The summed E-state index contributed by atoms with van der Waals surface area (Å²) in [5.41, 5.74) is 3.72. The first kappa shape index (κ1) is 32.0. The molecule has 5 rings (SSSR count). The summed E-state index contributed by atoms with van der Waals surface area (Å²) in [6.07, 6.45) is 6.16. The Morgan fingerprint density at radius 2 is 1.82 bits per heavy atom. The maximum atomic E-state index is 12.1. The van der Waals surface area contributed by atoms with E-state index in [9.17, 15) is 13.5 Å². The molecule has 0 amide bonds. The summed E-state index contributed by atoms with van der Waals surface area (Å²) < 4.78 is 31.1. The number of carbonyl (C=O) groups excluding carboxylic acids is 1. The Balaban J connectivity index is 0.00000106.